The van der Waals surface area contributed by atoms with Crippen LogP contribution in [0.15, 0.2) is 36.5 Å². The number of rotatable bonds is 45. The van der Waals surface area contributed by atoms with Gasteiger partial charge in [-0.05, 0) is 51.4 Å². The average Bonchev–Trinajstić information content (AvgIpc) is 3.19. The monoisotopic (exact) mass is 772 g/mol. The van der Waals surface area contributed by atoms with Gasteiger partial charge in [0.1, 0.15) is 0 Å². The van der Waals surface area contributed by atoms with Gasteiger partial charge in [0.15, 0.2) is 0 Å². The van der Waals surface area contributed by atoms with Gasteiger partial charge in [-0.2, -0.15) is 0 Å². The lowest BCUT2D eigenvalue weighted by Crippen LogP contribution is -2.45. The highest BCUT2D eigenvalue weighted by atomic mass is 16.3. The van der Waals surface area contributed by atoms with E-state index in [2.05, 4.69) is 43.5 Å². The summed E-state index contributed by atoms with van der Waals surface area (Å²) in [6.45, 7) is 4.32. The molecule has 0 aliphatic carbocycles. The number of carbonyl (C=O) groups excluding carboxylic acids is 1. The van der Waals surface area contributed by atoms with E-state index in [4.69, 9.17) is 0 Å². The third-order valence-corrected chi connectivity index (χ3v) is 11.4. The van der Waals surface area contributed by atoms with Gasteiger partial charge in [-0.1, -0.05) is 243 Å². The fourth-order valence-electron chi connectivity index (χ4n) is 7.56. The van der Waals surface area contributed by atoms with Crippen LogP contribution in [0.3, 0.4) is 0 Å². The van der Waals surface area contributed by atoms with Crippen LogP contribution in [0, 0.1) is 0 Å². The van der Waals surface area contributed by atoms with E-state index >= 15 is 0 Å². The minimum absolute atomic E-state index is 0.0662. The fraction of sp³-hybridized carbons (Fsp3) is 0.863. The highest BCUT2D eigenvalue weighted by Crippen LogP contribution is 2.16. The Bertz CT molecular complexity index is 836. The largest absolute Gasteiger partial charge is 0.394 e. The number of allylic oxidation sites excluding steroid dienone is 5. The molecule has 4 heteroatoms. The van der Waals surface area contributed by atoms with Gasteiger partial charge in [-0.3, -0.25) is 4.79 Å². The van der Waals surface area contributed by atoms with Crippen molar-refractivity contribution in [3.63, 3.8) is 0 Å². The number of nitrogens with one attached hydrogen (secondary N) is 1. The molecule has 55 heavy (non-hydrogen) atoms. The van der Waals surface area contributed by atoms with Crippen LogP contribution in [0.2, 0.25) is 0 Å². The molecule has 1 amide bonds. The summed E-state index contributed by atoms with van der Waals surface area (Å²) < 4.78 is 0. The van der Waals surface area contributed by atoms with Gasteiger partial charge in [0.25, 0.3) is 0 Å². The summed E-state index contributed by atoms with van der Waals surface area (Å²) in [6.07, 6.45) is 62.7. The molecule has 2 atom stereocenters. The first kappa shape index (κ1) is 53.6. The molecule has 3 N–H and O–H groups in total. The zero-order valence-corrected chi connectivity index (χ0v) is 37.2. The molecule has 0 saturated heterocycles. The van der Waals surface area contributed by atoms with E-state index in [1.165, 1.54) is 212 Å². The van der Waals surface area contributed by atoms with Crippen LogP contribution in [0.5, 0.6) is 0 Å². The minimum Gasteiger partial charge on any atom is -0.394 e. The number of unbranched alkanes of at least 4 members (excludes halogenated alkanes) is 34. The van der Waals surface area contributed by atoms with Crippen molar-refractivity contribution in [1.29, 1.82) is 0 Å². The second kappa shape index (κ2) is 47.0. The van der Waals surface area contributed by atoms with E-state index < -0.39 is 12.1 Å². The summed E-state index contributed by atoms with van der Waals surface area (Å²) >= 11 is 0. The van der Waals surface area contributed by atoms with Crippen LogP contribution in [0.4, 0.5) is 0 Å². The van der Waals surface area contributed by atoms with Crippen LogP contribution in [0.25, 0.3) is 0 Å². The van der Waals surface area contributed by atoms with E-state index in [-0.39, 0.29) is 12.5 Å². The Morgan fingerprint density at radius 3 is 1.09 bits per heavy atom. The van der Waals surface area contributed by atoms with Gasteiger partial charge in [0.2, 0.25) is 5.91 Å². The van der Waals surface area contributed by atoms with Gasteiger partial charge in [-0.25, -0.2) is 0 Å². The quantitative estimate of drug-likeness (QED) is 0.0426. The molecule has 0 fully saturated rings. The van der Waals surface area contributed by atoms with Crippen LogP contribution >= 0.6 is 0 Å². The Morgan fingerprint density at radius 1 is 0.436 bits per heavy atom. The first-order valence-corrected chi connectivity index (χ1v) is 24.7. The average molecular weight is 772 g/mol. The third kappa shape index (κ3) is 43.6. The molecular weight excluding hydrogens is 675 g/mol. The van der Waals surface area contributed by atoms with Crippen molar-refractivity contribution in [2.24, 2.45) is 0 Å². The summed E-state index contributed by atoms with van der Waals surface area (Å²) in [4.78, 5) is 12.4. The van der Waals surface area contributed by atoms with Gasteiger partial charge in [0, 0.05) is 6.42 Å². The molecule has 0 bridgehead atoms. The summed E-state index contributed by atoms with van der Waals surface area (Å²) in [7, 11) is 0. The predicted molar refractivity (Wildman–Crippen MR) is 244 cm³/mol. The van der Waals surface area contributed by atoms with Gasteiger partial charge < -0.3 is 15.5 Å². The second-order valence-electron chi connectivity index (χ2n) is 16.9. The first-order chi connectivity index (χ1) is 27.2. The second-order valence-corrected chi connectivity index (χ2v) is 16.9. The highest BCUT2D eigenvalue weighted by Gasteiger charge is 2.18. The van der Waals surface area contributed by atoms with E-state index in [0.29, 0.717) is 6.42 Å². The van der Waals surface area contributed by atoms with Crippen molar-refractivity contribution in [3.05, 3.63) is 36.5 Å². The number of carbonyl (C=O) groups is 1. The van der Waals surface area contributed by atoms with Crippen molar-refractivity contribution >= 4 is 5.91 Å². The summed E-state index contributed by atoms with van der Waals surface area (Å²) in [5, 5.41) is 23.1. The molecule has 0 rings (SSSR count). The Kier molecular flexibility index (Phi) is 45.8. The molecule has 0 spiro atoms. The summed E-state index contributed by atoms with van der Waals surface area (Å²) in [5.74, 6) is -0.0662. The van der Waals surface area contributed by atoms with Crippen LogP contribution < -0.4 is 5.32 Å². The lowest BCUT2D eigenvalue weighted by Gasteiger charge is -2.20. The van der Waals surface area contributed by atoms with Crippen molar-refractivity contribution in [3.8, 4) is 0 Å². The molecule has 0 radical (unpaired) electrons. The maximum atomic E-state index is 12.4. The van der Waals surface area contributed by atoms with E-state index in [1.54, 1.807) is 6.08 Å². The molecule has 0 aromatic heterocycles. The lowest BCUT2D eigenvalue weighted by molar-refractivity contribution is -0.123. The standard InChI is InChI=1S/C51H97NO3/c1-3-5-7-9-11-13-15-17-19-21-23-24-25-26-27-28-29-31-33-35-37-39-41-43-45-47-51(55)52-49(48-53)50(54)46-44-42-40-38-36-34-32-30-22-20-18-16-14-12-10-8-6-4-2/h23-24,26-27,44,46,49-50,53-54H,3-22,25,28-43,45,47-48H2,1-2H3,(H,52,55)/b24-23-,27-26-,46-44+. The maximum absolute atomic E-state index is 12.4. The molecular formula is C51H97NO3. The van der Waals surface area contributed by atoms with E-state index in [9.17, 15) is 15.0 Å². The number of aliphatic hydroxyl groups excluding tert-OH is 2. The first-order valence-electron chi connectivity index (χ1n) is 24.7. The minimum atomic E-state index is -0.841. The molecule has 4 nitrogen and oxygen atoms in total. The van der Waals surface area contributed by atoms with Gasteiger partial charge in [0.05, 0.1) is 18.8 Å². The molecule has 0 aromatic rings. The Labute approximate surface area is 344 Å². The topological polar surface area (TPSA) is 69.6 Å². The number of hydrogen-bond acceptors (Lipinski definition) is 3. The van der Waals surface area contributed by atoms with E-state index in [1.807, 2.05) is 6.08 Å². The summed E-state index contributed by atoms with van der Waals surface area (Å²) in [5.41, 5.74) is 0. The SMILES string of the molecule is CCCCCCCCCCC/C=C\C/C=C\CCCCCCCCCCCC(=O)NC(CO)C(O)/C=C/CCCCCCCCCCCCCCCCCC. The number of aliphatic hydroxyl groups is 2. The van der Waals surface area contributed by atoms with Gasteiger partial charge >= 0.3 is 0 Å². The number of amides is 1. The zero-order valence-electron chi connectivity index (χ0n) is 37.2. The predicted octanol–water partition coefficient (Wildman–Crippen LogP) is 15.7. The molecule has 0 saturated carbocycles. The molecule has 0 aliphatic heterocycles. The van der Waals surface area contributed by atoms with Crippen LogP contribution in [-0.4, -0.2) is 34.9 Å². The van der Waals surface area contributed by atoms with Crippen molar-refractivity contribution < 1.29 is 15.0 Å². The zero-order chi connectivity index (χ0) is 40.0. The van der Waals surface area contributed by atoms with Crippen molar-refractivity contribution in [1.82, 2.24) is 5.32 Å². The van der Waals surface area contributed by atoms with Crippen LogP contribution in [-0.2, 0) is 4.79 Å². The van der Waals surface area contributed by atoms with Crippen molar-refractivity contribution in [2.75, 3.05) is 6.61 Å². The maximum Gasteiger partial charge on any atom is 0.220 e. The molecule has 0 heterocycles. The highest BCUT2D eigenvalue weighted by molar-refractivity contribution is 5.76. The van der Waals surface area contributed by atoms with E-state index in [0.717, 1.165) is 32.1 Å². The lowest BCUT2D eigenvalue weighted by atomic mass is 10.0. The normalized spacial score (nSPS) is 13.2. The summed E-state index contributed by atoms with van der Waals surface area (Å²) in [6, 6.07) is -0.624. The fourth-order valence-corrected chi connectivity index (χ4v) is 7.56. The molecule has 0 aromatic carbocycles. The molecule has 324 valence electrons. The Hall–Kier alpha value is -1.39. The Balaban J connectivity index is 3.54. The Morgan fingerprint density at radius 2 is 0.745 bits per heavy atom. The van der Waals surface area contributed by atoms with Crippen LogP contribution in [0.1, 0.15) is 264 Å². The smallest absolute Gasteiger partial charge is 0.220 e. The number of hydrogen-bond donors (Lipinski definition) is 3. The molecule has 0 aliphatic rings. The molecule has 2 unspecified atom stereocenters. The third-order valence-electron chi connectivity index (χ3n) is 11.4. The van der Waals surface area contributed by atoms with Crippen molar-refractivity contribution in [2.45, 2.75) is 276 Å². The van der Waals surface area contributed by atoms with Gasteiger partial charge in [-0.15, -0.1) is 0 Å².